The second-order valence-electron chi connectivity index (χ2n) is 9.62. The predicted molar refractivity (Wildman–Crippen MR) is 142 cm³/mol. The molecule has 0 spiro atoms. The van der Waals surface area contributed by atoms with Crippen LogP contribution in [0.25, 0.3) is 0 Å². The predicted octanol–water partition coefficient (Wildman–Crippen LogP) is 2.19. The van der Waals surface area contributed by atoms with Gasteiger partial charge in [-0.3, -0.25) is 24.3 Å². The fourth-order valence-corrected chi connectivity index (χ4v) is 6.44. The first-order chi connectivity index (χ1) is 17.9. The largest absolute Gasteiger partial charge is 0.356 e. The number of sulfonamides is 1. The van der Waals surface area contributed by atoms with E-state index in [1.807, 2.05) is 0 Å². The van der Waals surface area contributed by atoms with E-state index in [0.717, 1.165) is 38.5 Å². The zero-order valence-corrected chi connectivity index (χ0v) is 22.2. The first-order valence-corrected chi connectivity index (χ1v) is 14.8. The summed E-state index contributed by atoms with van der Waals surface area (Å²) in [6.45, 7) is 4.36. The van der Waals surface area contributed by atoms with Gasteiger partial charge in [0.05, 0.1) is 25.0 Å². The Labute approximate surface area is 217 Å². The average molecular weight is 536 g/mol. The number of hydrogen-bond donors (Lipinski definition) is 2. The summed E-state index contributed by atoms with van der Waals surface area (Å²) in [5.41, 5.74) is -0.0881. The number of anilines is 3. The van der Waals surface area contributed by atoms with Crippen LogP contribution < -0.4 is 21.5 Å². The lowest BCUT2D eigenvalue weighted by atomic mass is 10.1. The second-order valence-corrected chi connectivity index (χ2v) is 11.6. The van der Waals surface area contributed by atoms with Crippen molar-refractivity contribution in [1.82, 2.24) is 14.4 Å². The highest BCUT2D eigenvalue weighted by molar-refractivity contribution is 7.88. The van der Waals surface area contributed by atoms with Crippen LogP contribution in [0.4, 0.5) is 17.1 Å². The molecule has 2 N–H and O–H groups in total. The molecule has 1 saturated heterocycles. The van der Waals surface area contributed by atoms with Gasteiger partial charge in [-0.05, 0) is 31.4 Å². The van der Waals surface area contributed by atoms with Crippen molar-refractivity contribution in [3.05, 3.63) is 45.0 Å². The van der Waals surface area contributed by atoms with Crippen molar-refractivity contribution < 1.29 is 18.0 Å². The molecule has 1 aromatic carbocycles. The van der Waals surface area contributed by atoms with Crippen molar-refractivity contribution in [2.24, 2.45) is 0 Å². The van der Waals surface area contributed by atoms with E-state index in [2.05, 4.69) is 27.4 Å². The lowest BCUT2D eigenvalue weighted by Gasteiger charge is -2.34. The van der Waals surface area contributed by atoms with Gasteiger partial charge < -0.3 is 15.4 Å². The third-order valence-electron chi connectivity index (χ3n) is 6.84. The maximum absolute atomic E-state index is 13.0. The van der Waals surface area contributed by atoms with Gasteiger partial charge in [-0.1, -0.05) is 37.1 Å². The summed E-state index contributed by atoms with van der Waals surface area (Å²) < 4.78 is 33.0. The van der Waals surface area contributed by atoms with E-state index >= 15 is 0 Å². The molecule has 1 atom stereocenters. The Morgan fingerprint density at radius 2 is 1.86 bits per heavy atom. The zero-order valence-electron chi connectivity index (χ0n) is 21.4. The molecule has 1 aliphatic heterocycles. The van der Waals surface area contributed by atoms with Crippen LogP contribution >= 0.6 is 0 Å². The minimum Gasteiger partial charge on any atom is -0.356 e. The van der Waals surface area contributed by atoms with Crippen LogP contribution in [-0.4, -0.2) is 73.6 Å². The summed E-state index contributed by atoms with van der Waals surface area (Å²) in [6, 6.07) is 3.32. The summed E-state index contributed by atoms with van der Waals surface area (Å²) in [7, 11) is -3.48. The SMILES string of the molecule is CCCCCS(=O)(=O)N(OCCN1CCOC(Nc2c(Nc3ccncc3)c(=O)c2=O)C1)C1CCCC1. The quantitative estimate of drug-likeness (QED) is 0.211. The van der Waals surface area contributed by atoms with E-state index in [1.165, 1.54) is 4.47 Å². The zero-order chi connectivity index (χ0) is 26.3. The van der Waals surface area contributed by atoms with Crippen LogP contribution in [-0.2, 0) is 19.6 Å². The van der Waals surface area contributed by atoms with Crippen LogP contribution in [0.3, 0.4) is 0 Å². The van der Waals surface area contributed by atoms with Crippen molar-refractivity contribution in [2.75, 3.05) is 49.2 Å². The average Bonchev–Trinajstić information content (AvgIpc) is 3.43. The summed E-state index contributed by atoms with van der Waals surface area (Å²) in [5, 5.41) is 6.02. The first-order valence-electron chi connectivity index (χ1n) is 13.1. The van der Waals surface area contributed by atoms with E-state index in [9.17, 15) is 18.0 Å². The lowest BCUT2D eigenvalue weighted by Crippen LogP contribution is -2.50. The number of hydrogen-bond acceptors (Lipinski definition) is 10. The summed E-state index contributed by atoms with van der Waals surface area (Å²) in [6.07, 6.45) is 8.86. The maximum Gasteiger partial charge on any atom is 0.253 e. The number of hydroxylamine groups is 1. The van der Waals surface area contributed by atoms with Gasteiger partial charge in [0.1, 0.15) is 17.6 Å². The smallest absolute Gasteiger partial charge is 0.253 e. The molecule has 204 valence electrons. The number of nitrogens with one attached hydrogen (secondary N) is 2. The summed E-state index contributed by atoms with van der Waals surface area (Å²) in [4.78, 5) is 36.3. The highest BCUT2D eigenvalue weighted by Crippen LogP contribution is 2.27. The Bertz CT molecular complexity index is 1180. The molecule has 0 bridgehead atoms. The highest BCUT2D eigenvalue weighted by Gasteiger charge is 2.33. The van der Waals surface area contributed by atoms with Gasteiger partial charge in [0.2, 0.25) is 10.0 Å². The number of morpholine rings is 1. The molecule has 0 amide bonds. The molecule has 2 fully saturated rings. The molecule has 2 heterocycles. The van der Waals surface area contributed by atoms with Crippen molar-refractivity contribution in [2.45, 2.75) is 64.1 Å². The molecule has 37 heavy (non-hydrogen) atoms. The van der Waals surface area contributed by atoms with Crippen molar-refractivity contribution in [3.63, 3.8) is 0 Å². The number of aromatic nitrogens is 1. The second kappa shape index (κ2) is 12.9. The maximum atomic E-state index is 13.0. The van der Waals surface area contributed by atoms with Crippen LogP contribution in [0.5, 0.6) is 0 Å². The van der Waals surface area contributed by atoms with Crippen LogP contribution in [0, 0.1) is 0 Å². The molecule has 2 aliphatic rings. The molecule has 2 aromatic rings. The lowest BCUT2D eigenvalue weighted by molar-refractivity contribution is -0.121. The molecule has 1 aromatic heterocycles. The van der Waals surface area contributed by atoms with E-state index in [-0.39, 0.29) is 29.8 Å². The number of nitrogens with zero attached hydrogens (tertiary/aromatic N) is 3. The van der Waals surface area contributed by atoms with Gasteiger partial charge in [-0.2, -0.15) is 0 Å². The third-order valence-corrected chi connectivity index (χ3v) is 8.60. The van der Waals surface area contributed by atoms with Gasteiger partial charge in [0.25, 0.3) is 10.9 Å². The van der Waals surface area contributed by atoms with E-state index < -0.39 is 27.1 Å². The Morgan fingerprint density at radius 3 is 2.59 bits per heavy atom. The Kier molecular flexibility index (Phi) is 9.65. The van der Waals surface area contributed by atoms with Gasteiger partial charge >= 0.3 is 0 Å². The third kappa shape index (κ3) is 7.14. The van der Waals surface area contributed by atoms with Crippen molar-refractivity contribution >= 4 is 27.1 Å². The molecular formula is C25H37N5O6S. The minimum atomic E-state index is -3.48. The number of pyridine rings is 1. The molecule has 1 unspecified atom stereocenters. The van der Waals surface area contributed by atoms with E-state index in [1.54, 1.807) is 24.5 Å². The van der Waals surface area contributed by atoms with Gasteiger partial charge in [-0.15, -0.1) is 0 Å². The highest BCUT2D eigenvalue weighted by atomic mass is 32.2. The van der Waals surface area contributed by atoms with E-state index in [0.29, 0.717) is 38.3 Å². The topological polar surface area (TPSA) is 130 Å². The first kappa shape index (κ1) is 27.6. The van der Waals surface area contributed by atoms with Gasteiger partial charge in [0, 0.05) is 37.7 Å². The molecule has 1 saturated carbocycles. The molecule has 12 heteroatoms. The number of rotatable bonds is 14. The minimum absolute atomic E-state index is 0.0915. The fraction of sp³-hybridized carbons (Fsp3) is 0.640. The molecule has 1 aliphatic carbocycles. The molecule has 0 radical (unpaired) electrons. The molecular weight excluding hydrogens is 498 g/mol. The summed E-state index contributed by atoms with van der Waals surface area (Å²) >= 11 is 0. The number of unbranched alkanes of at least 4 members (excludes halogenated alkanes) is 2. The van der Waals surface area contributed by atoms with Crippen molar-refractivity contribution in [1.29, 1.82) is 0 Å². The number of ether oxygens (including phenoxy) is 1. The van der Waals surface area contributed by atoms with E-state index in [4.69, 9.17) is 9.57 Å². The molecule has 4 rings (SSSR count). The van der Waals surface area contributed by atoms with Crippen LogP contribution in [0.2, 0.25) is 0 Å². The monoisotopic (exact) mass is 535 g/mol. The van der Waals surface area contributed by atoms with Gasteiger partial charge in [0.15, 0.2) is 0 Å². The van der Waals surface area contributed by atoms with Gasteiger partial charge in [-0.25, -0.2) is 8.42 Å². The summed E-state index contributed by atoms with van der Waals surface area (Å²) in [5.74, 6) is 0.110. The Hall–Kier alpha value is -2.38. The normalized spacial score (nSPS) is 19.6. The van der Waals surface area contributed by atoms with Crippen LogP contribution in [0.15, 0.2) is 34.1 Å². The molecule has 11 nitrogen and oxygen atoms in total. The Morgan fingerprint density at radius 1 is 1.14 bits per heavy atom. The fourth-order valence-electron chi connectivity index (χ4n) is 4.79. The van der Waals surface area contributed by atoms with Crippen molar-refractivity contribution in [3.8, 4) is 0 Å². The standard InChI is InChI=1S/C25H37N5O6S/c1-2-3-6-17-37(33,34)30(20-7-4-5-8-20)36-16-14-29-13-15-35-21(18-29)28-23-22(24(31)25(23)32)27-19-9-11-26-12-10-19/h9-12,20-21,28H,2-8,13-18H2,1H3,(H,26,27). The Balaban J connectivity index is 1.31. The van der Waals surface area contributed by atoms with Crippen LogP contribution in [0.1, 0.15) is 51.9 Å².